The number of esters is 1. The standard InChI is InChI=1S/C25H29N5O3S/c1-28(21-14-8-7-13-20(21)24(32)33-2)23(31)18-34-25-27-26-22(17-29-15-9-4-10-16-29)30(25)19-11-5-3-6-12-19/h3,5-8,11-14H,4,9-10,15-18H2,1-2H3. The highest BCUT2D eigenvalue weighted by Gasteiger charge is 2.22. The van der Waals surface area contributed by atoms with Crippen molar-refractivity contribution >= 4 is 29.3 Å². The molecule has 9 heteroatoms. The van der Waals surface area contributed by atoms with Crippen LogP contribution >= 0.6 is 11.8 Å². The molecule has 8 nitrogen and oxygen atoms in total. The van der Waals surface area contributed by atoms with Gasteiger partial charge in [0.2, 0.25) is 5.91 Å². The third-order valence-electron chi connectivity index (χ3n) is 5.90. The van der Waals surface area contributed by atoms with Gasteiger partial charge in [-0.05, 0) is 50.2 Å². The van der Waals surface area contributed by atoms with Gasteiger partial charge in [0.15, 0.2) is 11.0 Å². The third kappa shape index (κ3) is 5.48. The van der Waals surface area contributed by atoms with Crippen LogP contribution in [0, 0.1) is 0 Å². The molecule has 0 spiro atoms. The number of thioether (sulfide) groups is 1. The van der Waals surface area contributed by atoms with E-state index in [1.165, 1.54) is 43.0 Å². The fraction of sp³-hybridized carbons (Fsp3) is 0.360. The monoisotopic (exact) mass is 479 g/mol. The molecule has 4 rings (SSSR count). The van der Waals surface area contributed by atoms with E-state index in [2.05, 4.69) is 15.1 Å². The number of nitrogens with zero attached hydrogens (tertiary/aromatic N) is 5. The number of hydrogen-bond acceptors (Lipinski definition) is 7. The Bertz CT molecular complexity index is 1130. The Balaban J connectivity index is 1.52. The number of amides is 1. The number of benzene rings is 2. The fourth-order valence-corrected chi connectivity index (χ4v) is 4.94. The van der Waals surface area contributed by atoms with Crippen molar-refractivity contribution in [1.29, 1.82) is 0 Å². The van der Waals surface area contributed by atoms with Crippen LogP contribution in [-0.2, 0) is 16.1 Å². The molecule has 178 valence electrons. The normalized spacial score (nSPS) is 14.1. The highest BCUT2D eigenvalue weighted by Crippen LogP contribution is 2.26. The Morgan fingerprint density at radius 3 is 2.44 bits per heavy atom. The molecule has 0 unspecified atom stereocenters. The third-order valence-corrected chi connectivity index (χ3v) is 6.81. The SMILES string of the molecule is COC(=O)c1ccccc1N(C)C(=O)CSc1nnc(CN2CCCCC2)n1-c1ccccc1. The minimum atomic E-state index is -0.478. The number of likely N-dealkylation sites (tertiary alicyclic amines) is 1. The van der Waals surface area contributed by atoms with E-state index in [1.54, 1.807) is 31.3 Å². The van der Waals surface area contributed by atoms with E-state index >= 15 is 0 Å². The molecular weight excluding hydrogens is 450 g/mol. The predicted molar refractivity (Wildman–Crippen MR) is 132 cm³/mol. The summed E-state index contributed by atoms with van der Waals surface area (Å²) in [6.07, 6.45) is 3.68. The molecule has 1 aliphatic heterocycles. The largest absolute Gasteiger partial charge is 0.465 e. The molecule has 0 saturated carbocycles. The summed E-state index contributed by atoms with van der Waals surface area (Å²) in [5.74, 6) is 0.392. The van der Waals surface area contributed by atoms with Crippen LogP contribution in [0.2, 0.25) is 0 Å². The smallest absolute Gasteiger partial charge is 0.339 e. The van der Waals surface area contributed by atoms with Crippen molar-refractivity contribution in [2.24, 2.45) is 0 Å². The summed E-state index contributed by atoms with van der Waals surface area (Å²) >= 11 is 1.34. The number of carbonyl (C=O) groups excluding carboxylic acids is 2. The van der Waals surface area contributed by atoms with Gasteiger partial charge >= 0.3 is 5.97 Å². The first-order valence-electron chi connectivity index (χ1n) is 11.4. The van der Waals surface area contributed by atoms with Gasteiger partial charge < -0.3 is 9.64 Å². The van der Waals surface area contributed by atoms with Crippen LogP contribution in [0.1, 0.15) is 35.4 Å². The Morgan fingerprint density at radius 2 is 1.71 bits per heavy atom. The maximum atomic E-state index is 13.0. The Kier molecular flexibility index (Phi) is 7.97. The van der Waals surface area contributed by atoms with E-state index in [0.29, 0.717) is 16.4 Å². The number of carbonyl (C=O) groups is 2. The molecule has 0 aliphatic carbocycles. The lowest BCUT2D eigenvalue weighted by Gasteiger charge is -2.26. The van der Waals surface area contributed by atoms with Gasteiger partial charge in [0.1, 0.15) is 0 Å². The average molecular weight is 480 g/mol. The molecule has 1 saturated heterocycles. The number of anilines is 1. The molecule has 34 heavy (non-hydrogen) atoms. The molecule has 2 heterocycles. The van der Waals surface area contributed by atoms with Gasteiger partial charge in [-0.15, -0.1) is 10.2 Å². The minimum Gasteiger partial charge on any atom is -0.465 e. The second kappa shape index (κ2) is 11.3. The summed E-state index contributed by atoms with van der Waals surface area (Å²) in [6.45, 7) is 2.85. The maximum absolute atomic E-state index is 13.0. The van der Waals surface area contributed by atoms with Crippen LogP contribution in [-0.4, -0.2) is 64.5 Å². The van der Waals surface area contributed by atoms with E-state index in [1.807, 2.05) is 34.9 Å². The van der Waals surface area contributed by atoms with Crippen molar-refractivity contribution in [2.45, 2.75) is 31.0 Å². The number of rotatable bonds is 8. The molecule has 0 atom stereocenters. The Hall–Kier alpha value is -3.17. The van der Waals surface area contributed by atoms with Crippen LogP contribution < -0.4 is 4.90 Å². The number of hydrogen-bond donors (Lipinski definition) is 0. The number of ether oxygens (including phenoxy) is 1. The molecule has 0 N–H and O–H groups in total. The van der Waals surface area contributed by atoms with E-state index in [9.17, 15) is 9.59 Å². The van der Waals surface area contributed by atoms with Gasteiger partial charge in [-0.1, -0.05) is 48.5 Å². The maximum Gasteiger partial charge on any atom is 0.339 e. The summed E-state index contributed by atoms with van der Waals surface area (Å²) < 4.78 is 6.89. The second-order valence-corrected chi connectivity index (χ2v) is 9.10. The molecule has 3 aromatic rings. The fourth-order valence-electron chi connectivity index (χ4n) is 4.06. The molecule has 1 fully saturated rings. The molecule has 1 aromatic heterocycles. The van der Waals surface area contributed by atoms with Crippen molar-refractivity contribution in [3.63, 3.8) is 0 Å². The summed E-state index contributed by atoms with van der Waals surface area (Å²) in [7, 11) is 2.99. The van der Waals surface area contributed by atoms with Crippen LogP contribution in [0.25, 0.3) is 5.69 Å². The molecule has 1 amide bonds. The topological polar surface area (TPSA) is 80.6 Å². The molecule has 2 aromatic carbocycles. The Labute approximate surface area is 203 Å². The molecular formula is C25H29N5O3S. The number of para-hydroxylation sites is 2. The van der Waals surface area contributed by atoms with E-state index in [4.69, 9.17) is 4.74 Å². The van der Waals surface area contributed by atoms with E-state index in [-0.39, 0.29) is 11.7 Å². The van der Waals surface area contributed by atoms with Crippen molar-refractivity contribution in [1.82, 2.24) is 19.7 Å². The summed E-state index contributed by atoms with van der Waals surface area (Å²) in [6, 6.07) is 16.9. The predicted octanol–water partition coefficient (Wildman–Crippen LogP) is 3.79. The van der Waals surface area contributed by atoms with Gasteiger partial charge in [-0.25, -0.2) is 4.79 Å². The van der Waals surface area contributed by atoms with Crippen LogP contribution in [0.15, 0.2) is 59.8 Å². The molecule has 1 aliphatic rings. The second-order valence-electron chi connectivity index (χ2n) is 8.16. The molecule has 0 bridgehead atoms. The van der Waals surface area contributed by atoms with Crippen LogP contribution in [0.5, 0.6) is 0 Å². The lowest BCUT2D eigenvalue weighted by molar-refractivity contribution is -0.115. The quantitative estimate of drug-likeness (QED) is 0.359. The lowest BCUT2D eigenvalue weighted by Crippen LogP contribution is -2.30. The summed E-state index contributed by atoms with van der Waals surface area (Å²) in [4.78, 5) is 29.0. The highest BCUT2D eigenvalue weighted by molar-refractivity contribution is 7.99. The van der Waals surface area contributed by atoms with Gasteiger partial charge in [0.25, 0.3) is 0 Å². The van der Waals surface area contributed by atoms with Crippen molar-refractivity contribution in [2.75, 3.05) is 37.9 Å². The van der Waals surface area contributed by atoms with Crippen molar-refractivity contribution < 1.29 is 14.3 Å². The number of piperidine rings is 1. The first kappa shape index (κ1) is 24.0. The summed E-state index contributed by atoms with van der Waals surface area (Å²) in [5, 5.41) is 9.57. The summed E-state index contributed by atoms with van der Waals surface area (Å²) in [5.41, 5.74) is 1.83. The van der Waals surface area contributed by atoms with Gasteiger partial charge in [0, 0.05) is 12.7 Å². The van der Waals surface area contributed by atoms with E-state index < -0.39 is 5.97 Å². The Morgan fingerprint density at radius 1 is 1.00 bits per heavy atom. The number of aromatic nitrogens is 3. The van der Waals surface area contributed by atoms with Crippen molar-refractivity contribution in [3.8, 4) is 5.69 Å². The lowest BCUT2D eigenvalue weighted by atomic mass is 10.1. The first-order chi connectivity index (χ1) is 16.6. The van der Waals surface area contributed by atoms with Gasteiger partial charge in [0.05, 0.1) is 30.7 Å². The number of methoxy groups -OCH3 is 1. The molecule has 0 radical (unpaired) electrons. The van der Waals surface area contributed by atoms with Crippen LogP contribution in [0.3, 0.4) is 0 Å². The van der Waals surface area contributed by atoms with E-state index in [0.717, 1.165) is 31.1 Å². The average Bonchev–Trinajstić information content (AvgIpc) is 3.29. The first-order valence-corrected chi connectivity index (χ1v) is 12.4. The zero-order valence-electron chi connectivity index (χ0n) is 19.5. The van der Waals surface area contributed by atoms with Crippen molar-refractivity contribution in [3.05, 3.63) is 66.0 Å². The zero-order valence-corrected chi connectivity index (χ0v) is 20.3. The highest BCUT2D eigenvalue weighted by atomic mass is 32.2. The van der Waals surface area contributed by atoms with Crippen LogP contribution in [0.4, 0.5) is 5.69 Å². The zero-order chi connectivity index (χ0) is 23.9. The minimum absolute atomic E-state index is 0.151. The van der Waals surface area contributed by atoms with Gasteiger partial charge in [-0.3, -0.25) is 14.3 Å². The van der Waals surface area contributed by atoms with Gasteiger partial charge in [-0.2, -0.15) is 0 Å².